The third-order valence-corrected chi connectivity index (χ3v) is 3.80. The van der Waals surface area contributed by atoms with Crippen molar-refractivity contribution in [3.8, 4) is 5.75 Å². The summed E-state index contributed by atoms with van der Waals surface area (Å²) in [6.45, 7) is 7.81. The molecule has 0 spiro atoms. The van der Waals surface area contributed by atoms with Crippen molar-refractivity contribution in [2.75, 3.05) is 6.61 Å². The average Bonchev–Trinajstić information content (AvgIpc) is 2.74. The molecule has 1 N–H and O–H groups in total. The van der Waals surface area contributed by atoms with E-state index in [4.69, 9.17) is 4.74 Å². The summed E-state index contributed by atoms with van der Waals surface area (Å²) in [5.74, 6) is 0.366. The van der Waals surface area contributed by atoms with Gasteiger partial charge in [0, 0.05) is 18.3 Å². The van der Waals surface area contributed by atoms with Gasteiger partial charge < -0.3 is 4.74 Å². The molecule has 0 atom stereocenters. The first-order valence-electron chi connectivity index (χ1n) is 7.40. The molecule has 122 valence electrons. The van der Waals surface area contributed by atoms with E-state index in [2.05, 4.69) is 15.6 Å². The predicted octanol–water partition coefficient (Wildman–Crippen LogP) is 2.18. The van der Waals surface area contributed by atoms with Gasteiger partial charge in [-0.25, -0.2) is 5.43 Å². The number of benzene rings is 1. The summed E-state index contributed by atoms with van der Waals surface area (Å²) in [5, 5.41) is 8.25. The van der Waals surface area contributed by atoms with Crippen molar-refractivity contribution >= 4 is 12.1 Å². The lowest BCUT2D eigenvalue weighted by molar-refractivity contribution is -0.123. The molecular formula is C17H22N4O2. The van der Waals surface area contributed by atoms with Crippen LogP contribution in [0.15, 0.2) is 23.3 Å². The molecule has 0 saturated heterocycles. The molecule has 2 aromatic rings. The molecule has 0 fully saturated rings. The summed E-state index contributed by atoms with van der Waals surface area (Å²) < 4.78 is 7.23. The van der Waals surface area contributed by atoms with Crippen molar-refractivity contribution in [1.29, 1.82) is 0 Å². The van der Waals surface area contributed by atoms with Gasteiger partial charge in [0.15, 0.2) is 6.61 Å². The summed E-state index contributed by atoms with van der Waals surface area (Å²) in [5.41, 5.74) is 7.54. The molecule has 1 amide bonds. The Hall–Kier alpha value is -2.63. The summed E-state index contributed by atoms with van der Waals surface area (Å²) in [4.78, 5) is 11.8. The van der Waals surface area contributed by atoms with Crippen LogP contribution in [0.25, 0.3) is 0 Å². The number of amides is 1. The van der Waals surface area contributed by atoms with Crippen LogP contribution < -0.4 is 10.2 Å². The lowest BCUT2D eigenvalue weighted by Crippen LogP contribution is -2.24. The fourth-order valence-electron chi connectivity index (χ4n) is 2.13. The predicted molar refractivity (Wildman–Crippen MR) is 89.8 cm³/mol. The first kappa shape index (κ1) is 16.7. The maximum Gasteiger partial charge on any atom is 0.277 e. The van der Waals surface area contributed by atoms with Crippen LogP contribution in [0, 0.1) is 27.7 Å². The second-order valence-corrected chi connectivity index (χ2v) is 5.54. The van der Waals surface area contributed by atoms with Crippen LogP contribution in [0.5, 0.6) is 5.75 Å². The number of nitrogens with zero attached hydrogens (tertiary/aromatic N) is 3. The van der Waals surface area contributed by atoms with Crippen LogP contribution in [0.1, 0.15) is 28.1 Å². The van der Waals surface area contributed by atoms with Crippen LogP contribution in [0.4, 0.5) is 0 Å². The summed E-state index contributed by atoms with van der Waals surface area (Å²) in [6, 6.07) is 5.73. The van der Waals surface area contributed by atoms with Crippen molar-refractivity contribution < 1.29 is 9.53 Å². The molecule has 6 heteroatoms. The van der Waals surface area contributed by atoms with Crippen LogP contribution in [-0.2, 0) is 11.8 Å². The Morgan fingerprint density at radius 1 is 1.30 bits per heavy atom. The molecule has 0 saturated carbocycles. The van der Waals surface area contributed by atoms with Gasteiger partial charge in [-0.2, -0.15) is 10.2 Å². The Labute approximate surface area is 136 Å². The molecule has 0 aliphatic carbocycles. The summed E-state index contributed by atoms with van der Waals surface area (Å²) in [7, 11) is 1.87. The molecule has 23 heavy (non-hydrogen) atoms. The van der Waals surface area contributed by atoms with Crippen LogP contribution in [0.3, 0.4) is 0 Å². The van der Waals surface area contributed by atoms with Gasteiger partial charge >= 0.3 is 0 Å². The van der Waals surface area contributed by atoms with Crippen molar-refractivity contribution in [1.82, 2.24) is 15.2 Å². The molecule has 0 radical (unpaired) electrons. The molecule has 0 aliphatic rings. The second kappa shape index (κ2) is 7.09. The minimum Gasteiger partial charge on any atom is -0.484 e. The Balaban J connectivity index is 1.87. The summed E-state index contributed by atoms with van der Waals surface area (Å²) >= 11 is 0. The molecule has 1 aromatic heterocycles. The van der Waals surface area contributed by atoms with E-state index in [0.717, 1.165) is 22.5 Å². The number of hydrazone groups is 1. The van der Waals surface area contributed by atoms with Crippen LogP contribution in [0.2, 0.25) is 0 Å². The minimum absolute atomic E-state index is 0.0785. The third kappa shape index (κ3) is 4.18. The van der Waals surface area contributed by atoms with Gasteiger partial charge in [0.1, 0.15) is 5.75 Å². The standard InChI is InChI=1S/C17H22N4O2/c1-11-6-7-15(8-12(11)2)23-10-17(22)19-18-9-16-13(3)20-21(5)14(16)4/h6-9H,10H2,1-5H3,(H,19,22)/b18-9-. The van der Waals surface area contributed by atoms with Gasteiger partial charge in [-0.15, -0.1) is 0 Å². The number of carbonyl (C=O) groups excluding carboxylic acids is 1. The van der Waals surface area contributed by atoms with Gasteiger partial charge in [0.25, 0.3) is 5.91 Å². The van der Waals surface area contributed by atoms with Crippen molar-refractivity contribution in [3.05, 3.63) is 46.3 Å². The van der Waals surface area contributed by atoms with Crippen LogP contribution >= 0.6 is 0 Å². The molecule has 0 unspecified atom stereocenters. The molecular weight excluding hydrogens is 292 g/mol. The van der Waals surface area contributed by atoms with E-state index >= 15 is 0 Å². The van der Waals surface area contributed by atoms with E-state index in [-0.39, 0.29) is 12.5 Å². The zero-order valence-electron chi connectivity index (χ0n) is 14.2. The monoisotopic (exact) mass is 314 g/mol. The van der Waals surface area contributed by atoms with Gasteiger partial charge in [0.05, 0.1) is 11.9 Å². The van der Waals surface area contributed by atoms with Crippen LogP contribution in [-0.4, -0.2) is 28.5 Å². The number of carbonyl (C=O) groups is 1. The van der Waals surface area contributed by atoms with Crippen molar-refractivity contribution in [2.24, 2.45) is 12.1 Å². The van der Waals surface area contributed by atoms with E-state index in [0.29, 0.717) is 5.75 Å². The SMILES string of the molecule is Cc1ccc(OCC(=O)N/N=C\c2c(C)nn(C)c2C)cc1C. The quantitative estimate of drug-likeness (QED) is 0.679. The van der Waals surface area contributed by atoms with Gasteiger partial charge in [-0.1, -0.05) is 6.07 Å². The highest BCUT2D eigenvalue weighted by molar-refractivity contribution is 5.84. The maximum atomic E-state index is 11.8. The smallest absolute Gasteiger partial charge is 0.277 e. The van der Waals surface area contributed by atoms with E-state index < -0.39 is 0 Å². The lowest BCUT2D eigenvalue weighted by Gasteiger charge is -2.07. The molecule has 2 rings (SSSR count). The molecule has 1 heterocycles. The largest absolute Gasteiger partial charge is 0.484 e. The highest BCUT2D eigenvalue weighted by atomic mass is 16.5. The number of aryl methyl sites for hydroxylation is 4. The molecule has 6 nitrogen and oxygen atoms in total. The maximum absolute atomic E-state index is 11.8. The number of ether oxygens (including phenoxy) is 1. The first-order chi connectivity index (χ1) is 10.9. The number of aromatic nitrogens is 2. The van der Waals surface area contributed by atoms with Gasteiger partial charge in [-0.3, -0.25) is 9.48 Å². The lowest BCUT2D eigenvalue weighted by atomic mass is 10.1. The average molecular weight is 314 g/mol. The zero-order chi connectivity index (χ0) is 17.0. The topological polar surface area (TPSA) is 68.5 Å². The van der Waals surface area contributed by atoms with E-state index in [1.165, 1.54) is 5.56 Å². The second-order valence-electron chi connectivity index (χ2n) is 5.54. The van der Waals surface area contributed by atoms with Crippen molar-refractivity contribution in [3.63, 3.8) is 0 Å². The number of nitrogens with one attached hydrogen (secondary N) is 1. The highest BCUT2D eigenvalue weighted by Gasteiger charge is 2.07. The number of hydrogen-bond donors (Lipinski definition) is 1. The molecule has 1 aromatic carbocycles. The molecule has 0 bridgehead atoms. The normalized spacial score (nSPS) is 11.0. The van der Waals surface area contributed by atoms with E-state index in [1.54, 1.807) is 10.9 Å². The Morgan fingerprint density at radius 2 is 2.04 bits per heavy atom. The summed E-state index contributed by atoms with van der Waals surface area (Å²) in [6.07, 6.45) is 1.60. The Bertz CT molecular complexity index is 747. The zero-order valence-corrected chi connectivity index (χ0v) is 14.2. The molecule has 0 aliphatic heterocycles. The van der Waals surface area contributed by atoms with Gasteiger partial charge in [-0.05, 0) is 51.0 Å². The fourth-order valence-corrected chi connectivity index (χ4v) is 2.13. The highest BCUT2D eigenvalue weighted by Crippen LogP contribution is 2.16. The van der Waals surface area contributed by atoms with E-state index in [1.807, 2.05) is 52.9 Å². The van der Waals surface area contributed by atoms with Crippen molar-refractivity contribution in [2.45, 2.75) is 27.7 Å². The minimum atomic E-state index is -0.307. The fraction of sp³-hybridized carbons (Fsp3) is 0.353. The first-order valence-corrected chi connectivity index (χ1v) is 7.40. The number of hydrogen-bond acceptors (Lipinski definition) is 4. The Kier molecular flexibility index (Phi) is 5.16. The van der Waals surface area contributed by atoms with E-state index in [9.17, 15) is 4.79 Å². The van der Waals surface area contributed by atoms with Gasteiger partial charge in [0.2, 0.25) is 0 Å². The third-order valence-electron chi connectivity index (χ3n) is 3.80. The number of rotatable bonds is 5. The Morgan fingerprint density at radius 3 is 2.65 bits per heavy atom.